The van der Waals surface area contributed by atoms with E-state index in [4.69, 9.17) is 4.74 Å². The van der Waals surface area contributed by atoms with Crippen molar-refractivity contribution in [1.29, 1.82) is 0 Å². The molecule has 2 aromatic heterocycles. The Labute approximate surface area is 211 Å². The number of carbonyl (C=O) groups is 1. The number of aryl methyl sites for hydroxylation is 2. The second kappa shape index (κ2) is 9.50. The standard InChI is InChI=1S/C27H25N5O3S/c1-16-9-14-22(17(2)15-16)31-25(34)21-7-5-6-8-23(21)32-26(31)29-30-27(32)36-18(3)24(33)28-19-10-12-20(35-4)13-11-19/h5-15,18H,1-4H3,(H,28,33). The van der Waals surface area contributed by atoms with Gasteiger partial charge in [-0.2, -0.15) is 0 Å². The van der Waals surface area contributed by atoms with E-state index >= 15 is 0 Å². The highest BCUT2D eigenvalue weighted by molar-refractivity contribution is 8.00. The zero-order valence-corrected chi connectivity index (χ0v) is 21.2. The molecule has 0 fully saturated rings. The summed E-state index contributed by atoms with van der Waals surface area (Å²) in [6.07, 6.45) is 0. The molecule has 0 aliphatic carbocycles. The number of ether oxygens (including phenoxy) is 1. The van der Waals surface area contributed by atoms with Gasteiger partial charge in [0.25, 0.3) is 5.56 Å². The summed E-state index contributed by atoms with van der Waals surface area (Å²) in [6.45, 7) is 5.80. The van der Waals surface area contributed by atoms with E-state index in [0.29, 0.717) is 33.3 Å². The third-order valence-corrected chi connectivity index (χ3v) is 7.04. The highest BCUT2D eigenvalue weighted by atomic mass is 32.2. The molecule has 8 nitrogen and oxygen atoms in total. The van der Waals surface area contributed by atoms with Crippen molar-refractivity contribution in [2.45, 2.75) is 31.2 Å². The van der Waals surface area contributed by atoms with Gasteiger partial charge in [-0.1, -0.05) is 41.6 Å². The van der Waals surface area contributed by atoms with Crippen molar-refractivity contribution in [2.75, 3.05) is 12.4 Å². The monoisotopic (exact) mass is 499 g/mol. The van der Waals surface area contributed by atoms with E-state index in [1.165, 1.54) is 11.8 Å². The molecule has 3 aromatic carbocycles. The van der Waals surface area contributed by atoms with Crippen LogP contribution in [-0.2, 0) is 4.79 Å². The van der Waals surface area contributed by atoms with E-state index in [-0.39, 0.29) is 11.5 Å². The first kappa shape index (κ1) is 23.6. The van der Waals surface area contributed by atoms with E-state index in [1.54, 1.807) is 42.0 Å². The van der Waals surface area contributed by atoms with Gasteiger partial charge in [-0.25, -0.2) is 4.57 Å². The number of hydrogen-bond acceptors (Lipinski definition) is 6. The first-order chi connectivity index (χ1) is 17.4. The number of nitrogens with one attached hydrogen (secondary N) is 1. The summed E-state index contributed by atoms with van der Waals surface area (Å²) in [7, 11) is 1.60. The van der Waals surface area contributed by atoms with Gasteiger partial charge in [0.1, 0.15) is 5.75 Å². The van der Waals surface area contributed by atoms with Gasteiger partial charge in [0.05, 0.1) is 29.0 Å². The van der Waals surface area contributed by atoms with Crippen LogP contribution in [0.5, 0.6) is 5.75 Å². The van der Waals surface area contributed by atoms with Crippen LogP contribution in [0.2, 0.25) is 0 Å². The minimum absolute atomic E-state index is 0.167. The summed E-state index contributed by atoms with van der Waals surface area (Å²) in [4.78, 5) is 26.5. The van der Waals surface area contributed by atoms with Crippen LogP contribution in [-0.4, -0.2) is 37.4 Å². The largest absolute Gasteiger partial charge is 0.497 e. The minimum Gasteiger partial charge on any atom is -0.497 e. The van der Waals surface area contributed by atoms with Crippen LogP contribution in [0.15, 0.2) is 76.7 Å². The molecule has 0 saturated heterocycles. The number of nitrogens with zero attached hydrogens (tertiary/aromatic N) is 4. The molecule has 0 aliphatic rings. The molecule has 0 saturated carbocycles. The number of aromatic nitrogens is 4. The topological polar surface area (TPSA) is 90.5 Å². The Morgan fingerprint density at radius 1 is 1.03 bits per heavy atom. The van der Waals surface area contributed by atoms with Crippen molar-refractivity contribution in [3.63, 3.8) is 0 Å². The SMILES string of the molecule is COc1ccc(NC(=O)C(C)Sc2nnc3n(-c4ccc(C)cc4C)c(=O)c4ccccc4n23)cc1. The molecule has 36 heavy (non-hydrogen) atoms. The van der Waals surface area contributed by atoms with Crippen molar-refractivity contribution >= 4 is 40.0 Å². The van der Waals surface area contributed by atoms with E-state index in [0.717, 1.165) is 16.8 Å². The Hall–Kier alpha value is -4.11. The molecule has 1 unspecified atom stereocenters. The van der Waals surface area contributed by atoms with Crippen molar-refractivity contribution in [3.05, 3.63) is 88.2 Å². The van der Waals surface area contributed by atoms with Gasteiger partial charge >= 0.3 is 0 Å². The number of para-hydroxylation sites is 1. The Morgan fingerprint density at radius 3 is 2.50 bits per heavy atom. The summed E-state index contributed by atoms with van der Waals surface area (Å²) < 4.78 is 8.61. The molecule has 0 aliphatic heterocycles. The summed E-state index contributed by atoms with van der Waals surface area (Å²) in [5.74, 6) is 0.942. The molecule has 0 spiro atoms. The maximum Gasteiger partial charge on any atom is 0.267 e. The summed E-state index contributed by atoms with van der Waals surface area (Å²) in [6, 6.07) is 20.5. The first-order valence-corrected chi connectivity index (χ1v) is 12.3. The van der Waals surface area contributed by atoms with Gasteiger partial charge in [-0.05, 0) is 68.8 Å². The molecule has 0 bridgehead atoms. The number of carbonyl (C=O) groups excluding carboxylic acids is 1. The Bertz CT molecular complexity index is 1660. The number of rotatable bonds is 6. The van der Waals surface area contributed by atoms with E-state index in [9.17, 15) is 9.59 Å². The van der Waals surface area contributed by atoms with Crippen LogP contribution in [0, 0.1) is 13.8 Å². The highest BCUT2D eigenvalue weighted by Crippen LogP contribution is 2.27. The molecule has 5 aromatic rings. The van der Waals surface area contributed by atoms with E-state index in [1.807, 2.05) is 61.6 Å². The van der Waals surface area contributed by atoms with Gasteiger partial charge in [0, 0.05) is 5.69 Å². The lowest BCUT2D eigenvalue weighted by molar-refractivity contribution is -0.115. The van der Waals surface area contributed by atoms with Gasteiger partial charge in [-0.15, -0.1) is 10.2 Å². The van der Waals surface area contributed by atoms with Crippen LogP contribution in [0.3, 0.4) is 0 Å². The number of benzene rings is 3. The number of hydrogen-bond donors (Lipinski definition) is 1. The van der Waals surface area contributed by atoms with Gasteiger partial charge < -0.3 is 10.1 Å². The van der Waals surface area contributed by atoms with Gasteiger partial charge in [0.15, 0.2) is 5.16 Å². The fourth-order valence-corrected chi connectivity index (χ4v) is 5.01. The Kier molecular flexibility index (Phi) is 6.24. The van der Waals surface area contributed by atoms with Crippen LogP contribution >= 0.6 is 11.8 Å². The lowest BCUT2D eigenvalue weighted by Crippen LogP contribution is -2.24. The maximum atomic E-state index is 13.6. The second-order valence-electron chi connectivity index (χ2n) is 8.54. The quantitative estimate of drug-likeness (QED) is 0.338. The molecule has 0 radical (unpaired) electrons. The third-order valence-electron chi connectivity index (χ3n) is 6.00. The van der Waals surface area contributed by atoms with Crippen molar-refractivity contribution in [3.8, 4) is 11.4 Å². The van der Waals surface area contributed by atoms with Crippen LogP contribution in [0.25, 0.3) is 22.4 Å². The molecular formula is C27H25N5O3S. The number of anilines is 1. The zero-order chi connectivity index (χ0) is 25.4. The molecule has 1 N–H and O–H groups in total. The van der Waals surface area contributed by atoms with Crippen LogP contribution < -0.4 is 15.6 Å². The van der Waals surface area contributed by atoms with Crippen LogP contribution in [0.1, 0.15) is 18.1 Å². The lowest BCUT2D eigenvalue weighted by Gasteiger charge is -2.15. The summed E-state index contributed by atoms with van der Waals surface area (Å²) >= 11 is 1.28. The fourth-order valence-electron chi connectivity index (χ4n) is 4.16. The van der Waals surface area contributed by atoms with E-state index in [2.05, 4.69) is 15.5 Å². The maximum absolute atomic E-state index is 13.6. The molecule has 5 rings (SSSR count). The van der Waals surface area contributed by atoms with E-state index < -0.39 is 5.25 Å². The predicted molar refractivity (Wildman–Crippen MR) is 143 cm³/mol. The van der Waals surface area contributed by atoms with Crippen molar-refractivity contribution < 1.29 is 9.53 Å². The molecular weight excluding hydrogens is 474 g/mol. The second-order valence-corrected chi connectivity index (χ2v) is 9.85. The lowest BCUT2D eigenvalue weighted by atomic mass is 10.1. The van der Waals surface area contributed by atoms with Crippen LogP contribution in [0.4, 0.5) is 5.69 Å². The highest BCUT2D eigenvalue weighted by Gasteiger charge is 2.22. The number of amides is 1. The Balaban J connectivity index is 1.56. The Morgan fingerprint density at radius 2 is 1.78 bits per heavy atom. The van der Waals surface area contributed by atoms with Gasteiger partial charge in [0.2, 0.25) is 11.7 Å². The first-order valence-electron chi connectivity index (χ1n) is 11.5. The third kappa shape index (κ3) is 4.22. The predicted octanol–water partition coefficient (Wildman–Crippen LogP) is 4.78. The summed E-state index contributed by atoms with van der Waals surface area (Å²) in [5, 5.41) is 12.3. The summed E-state index contributed by atoms with van der Waals surface area (Å²) in [5.41, 5.74) is 4.01. The minimum atomic E-state index is -0.472. The molecule has 9 heteroatoms. The smallest absolute Gasteiger partial charge is 0.267 e. The fraction of sp³-hybridized carbons (Fsp3) is 0.185. The normalized spacial score (nSPS) is 12.1. The molecule has 182 valence electrons. The average molecular weight is 500 g/mol. The van der Waals surface area contributed by atoms with Gasteiger partial charge in [-0.3, -0.25) is 14.0 Å². The number of fused-ring (bicyclic) bond motifs is 3. The van der Waals surface area contributed by atoms with Crippen molar-refractivity contribution in [1.82, 2.24) is 19.2 Å². The molecule has 1 amide bonds. The number of thioether (sulfide) groups is 1. The number of methoxy groups -OCH3 is 1. The average Bonchev–Trinajstić information content (AvgIpc) is 3.29. The van der Waals surface area contributed by atoms with Crippen molar-refractivity contribution in [2.24, 2.45) is 0 Å². The zero-order valence-electron chi connectivity index (χ0n) is 20.4. The molecule has 1 atom stereocenters. The molecule has 2 heterocycles.